The zero-order chi connectivity index (χ0) is 23.9. The van der Waals surface area contributed by atoms with Crippen LogP contribution in [0.4, 0.5) is 16.6 Å². The summed E-state index contributed by atoms with van der Waals surface area (Å²) in [7, 11) is 14.2. The third kappa shape index (κ3) is 4.31. The van der Waals surface area contributed by atoms with Gasteiger partial charge in [0.2, 0.25) is 5.95 Å². The van der Waals surface area contributed by atoms with Gasteiger partial charge in [-0.25, -0.2) is 14.8 Å². The average molecular weight is 460 g/mol. The molecule has 2 aromatic heterocycles. The number of urea groups is 1. The summed E-state index contributed by atoms with van der Waals surface area (Å²) in [6.07, 6.45) is 5.26. The summed E-state index contributed by atoms with van der Waals surface area (Å²) in [4.78, 5) is 29.2. The van der Waals surface area contributed by atoms with Crippen molar-refractivity contribution >= 4 is 45.1 Å². The number of halogens is 1. The van der Waals surface area contributed by atoms with Crippen molar-refractivity contribution in [3.63, 3.8) is 0 Å². The number of amides is 2. The minimum absolute atomic E-state index is 0.0102. The van der Waals surface area contributed by atoms with Crippen LogP contribution in [-0.4, -0.2) is 64.6 Å². The maximum Gasteiger partial charge on any atom is 0.324 e. The quantitative estimate of drug-likeness (QED) is 0.572. The van der Waals surface area contributed by atoms with Gasteiger partial charge in [-0.15, -0.1) is 0 Å². The molecule has 1 aromatic carbocycles. The van der Waals surface area contributed by atoms with E-state index in [4.69, 9.17) is 27.3 Å². The Morgan fingerprint density at radius 2 is 1.82 bits per heavy atom. The van der Waals surface area contributed by atoms with Gasteiger partial charge in [0.15, 0.2) is 0 Å². The molecule has 0 bridgehead atoms. The van der Waals surface area contributed by atoms with E-state index < -0.39 is 11.4 Å². The van der Waals surface area contributed by atoms with Crippen LogP contribution in [0.15, 0.2) is 49.1 Å². The average Bonchev–Trinajstić information content (AvgIpc) is 3.33. The topological polar surface area (TPSA) is 79.2 Å². The standard InChI is InChI=1S/C22H24B2ClN7O/c1-13(2)19-22(23,24)30(4)21(33)32(19)18-9-10-26-20(29-18)28-14(3)17-11-31(12-27-17)16-7-5-15(25)6-8-16/h5-14,19H,1-4H3,(H,26,28,29)/t14-,19?/m0/s1. The number of hydrogen-bond donors (Lipinski definition) is 1. The van der Waals surface area contributed by atoms with Crippen LogP contribution in [0.25, 0.3) is 5.69 Å². The summed E-state index contributed by atoms with van der Waals surface area (Å²) < 4.78 is 1.91. The van der Waals surface area contributed by atoms with Crippen LogP contribution in [0.2, 0.25) is 5.02 Å². The molecule has 2 amide bonds. The highest BCUT2D eigenvalue weighted by atomic mass is 35.5. The fraction of sp³-hybridized carbons (Fsp3) is 0.364. The highest BCUT2D eigenvalue weighted by molar-refractivity contribution is 6.43. The highest BCUT2D eigenvalue weighted by Crippen LogP contribution is 2.35. The Labute approximate surface area is 201 Å². The smallest absolute Gasteiger partial charge is 0.324 e. The van der Waals surface area contributed by atoms with Crippen molar-refractivity contribution in [2.75, 3.05) is 17.3 Å². The number of imidazole rings is 1. The van der Waals surface area contributed by atoms with Gasteiger partial charge in [0.05, 0.1) is 33.8 Å². The lowest BCUT2D eigenvalue weighted by atomic mass is 9.55. The Bertz CT molecular complexity index is 1150. The molecule has 1 fully saturated rings. The highest BCUT2D eigenvalue weighted by Gasteiger charge is 2.50. The predicted octanol–water partition coefficient (Wildman–Crippen LogP) is 3.38. The lowest BCUT2D eigenvalue weighted by Crippen LogP contribution is -2.54. The first-order valence-corrected chi connectivity index (χ1v) is 11.0. The molecule has 2 atom stereocenters. The number of anilines is 2. The zero-order valence-corrected chi connectivity index (χ0v) is 19.7. The first-order valence-electron chi connectivity index (χ1n) is 10.6. The Morgan fingerprint density at radius 3 is 2.48 bits per heavy atom. The molecule has 1 aliphatic heterocycles. The van der Waals surface area contributed by atoms with Crippen LogP contribution in [-0.2, 0) is 0 Å². The van der Waals surface area contributed by atoms with E-state index in [1.807, 2.05) is 55.8 Å². The number of nitrogens with zero attached hydrogens (tertiary/aromatic N) is 6. The van der Waals surface area contributed by atoms with Gasteiger partial charge in [0.1, 0.15) is 5.82 Å². The minimum atomic E-state index is -1.31. The summed E-state index contributed by atoms with van der Waals surface area (Å²) in [5, 5.41) is 2.62. The van der Waals surface area contributed by atoms with Gasteiger partial charge in [-0.1, -0.05) is 25.4 Å². The van der Waals surface area contributed by atoms with Crippen LogP contribution in [0.1, 0.15) is 32.5 Å². The van der Waals surface area contributed by atoms with Gasteiger partial charge in [0, 0.05) is 36.2 Å². The van der Waals surface area contributed by atoms with Crippen LogP contribution >= 0.6 is 11.6 Å². The van der Waals surface area contributed by atoms with Crippen molar-refractivity contribution in [3.05, 3.63) is 59.8 Å². The van der Waals surface area contributed by atoms with Crippen LogP contribution < -0.4 is 10.2 Å². The van der Waals surface area contributed by atoms with Crippen molar-refractivity contribution in [3.8, 4) is 5.69 Å². The van der Waals surface area contributed by atoms with Crippen LogP contribution in [0, 0.1) is 5.92 Å². The zero-order valence-electron chi connectivity index (χ0n) is 19.0. The van der Waals surface area contributed by atoms with E-state index in [-0.39, 0.29) is 18.0 Å². The molecule has 11 heteroatoms. The van der Waals surface area contributed by atoms with Crippen molar-refractivity contribution in [1.82, 2.24) is 24.4 Å². The number of carbonyl (C=O) groups excluding carboxylic acids is 1. The van der Waals surface area contributed by atoms with Crippen molar-refractivity contribution in [2.45, 2.75) is 38.2 Å². The van der Waals surface area contributed by atoms with Crippen LogP contribution in [0.3, 0.4) is 0 Å². The van der Waals surface area contributed by atoms with Crippen LogP contribution in [0.5, 0.6) is 0 Å². The molecule has 1 aliphatic rings. The summed E-state index contributed by atoms with van der Waals surface area (Å²) >= 11 is 5.97. The first kappa shape index (κ1) is 23.2. The molecule has 8 nitrogen and oxygen atoms in total. The Hall–Kier alpha value is -3.00. The Balaban J connectivity index is 1.55. The Kier molecular flexibility index (Phi) is 6.14. The van der Waals surface area contributed by atoms with Gasteiger partial charge < -0.3 is 14.8 Å². The molecule has 3 heterocycles. The normalized spacial score (nSPS) is 18.7. The van der Waals surface area contributed by atoms with Gasteiger partial charge >= 0.3 is 6.03 Å². The summed E-state index contributed by atoms with van der Waals surface area (Å²) in [6, 6.07) is 8.23. The largest absolute Gasteiger partial charge is 0.346 e. The minimum Gasteiger partial charge on any atom is -0.346 e. The maximum atomic E-state index is 12.9. The number of likely N-dealkylation sites (N-methyl/N-ethyl adjacent to an activating group) is 1. The molecule has 0 saturated carbocycles. The second-order valence-electron chi connectivity index (χ2n) is 8.57. The summed E-state index contributed by atoms with van der Waals surface area (Å²) in [6.45, 7) is 5.90. The van der Waals surface area contributed by atoms with E-state index in [2.05, 4.69) is 20.3 Å². The molecule has 1 unspecified atom stereocenters. The molecule has 0 aliphatic carbocycles. The Morgan fingerprint density at radius 1 is 1.12 bits per heavy atom. The van der Waals surface area contributed by atoms with E-state index in [9.17, 15) is 4.79 Å². The molecule has 1 N–H and O–H groups in total. The van der Waals surface area contributed by atoms with Crippen molar-refractivity contribution < 1.29 is 4.79 Å². The predicted molar refractivity (Wildman–Crippen MR) is 131 cm³/mol. The SMILES string of the molecule is [B]C1([B])C(C(C)C)N(c2ccnc(N[C@@H](C)c3cn(-c4ccc(Cl)cc4)cn3)n2)C(=O)N1C. The van der Waals surface area contributed by atoms with Gasteiger partial charge in [-0.05, 0) is 48.5 Å². The molecule has 4 rings (SSSR count). The molecular weight excluding hydrogens is 435 g/mol. The van der Waals surface area contributed by atoms with Gasteiger partial charge in [-0.2, -0.15) is 4.98 Å². The summed E-state index contributed by atoms with van der Waals surface area (Å²) in [5.74, 6) is 0.807. The number of aromatic nitrogens is 4. The third-order valence-electron chi connectivity index (χ3n) is 5.86. The fourth-order valence-electron chi connectivity index (χ4n) is 4.06. The van der Waals surface area contributed by atoms with Crippen molar-refractivity contribution in [1.29, 1.82) is 0 Å². The third-order valence-corrected chi connectivity index (χ3v) is 6.11. The van der Waals surface area contributed by atoms with E-state index in [1.165, 1.54) is 9.80 Å². The lowest BCUT2D eigenvalue weighted by molar-refractivity contribution is 0.221. The van der Waals surface area contributed by atoms with E-state index in [1.54, 1.807) is 25.6 Å². The van der Waals surface area contributed by atoms with Crippen molar-refractivity contribution in [2.24, 2.45) is 5.92 Å². The summed E-state index contributed by atoms with van der Waals surface area (Å²) in [5.41, 5.74) is 1.76. The van der Waals surface area contributed by atoms with E-state index in [0.29, 0.717) is 16.8 Å². The molecular formula is C22H24B2ClN7O. The maximum absolute atomic E-state index is 12.9. The molecule has 4 radical (unpaired) electrons. The molecule has 166 valence electrons. The van der Waals surface area contributed by atoms with E-state index in [0.717, 1.165) is 11.4 Å². The van der Waals surface area contributed by atoms with Gasteiger partial charge in [-0.3, -0.25) is 4.90 Å². The molecule has 0 spiro atoms. The lowest BCUT2D eigenvalue weighted by Gasteiger charge is -2.37. The monoisotopic (exact) mass is 459 g/mol. The number of rotatable bonds is 6. The fourth-order valence-corrected chi connectivity index (χ4v) is 4.19. The molecule has 1 saturated heterocycles. The molecule has 33 heavy (non-hydrogen) atoms. The number of nitrogens with one attached hydrogen (secondary N) is 1. The van der Waals surface area contributed by atoms with Gasteiger partial charge in [0.25, 0.3) is 0 Å². The first-order chi connectivity index (χ1) is 15.6. The number of carbonyl (C=O) groups is 1. The second-order valence-corrected chi connectivity index (χ2v) is 9.01. The van der Waals surface area contributed by atoms with E-state index >= 15 is 0 Å². The number of benzene rings is 1. The second kappa shape index (κ2) is 8.74. The molecule has 3 aromatic rings. The number of hydrogen-bond acceptors (Lipinski definition) is 5.